The van der Waals surface area contributed by atoms with E-state index in [1.807, 2.05) is 6.07 Å². The van der Waals surface area contributed by atoms with E-state index in [1.165, 1.54) is 6.92 Å². The van der Waals surface area contributed by atoms with Crippen molar-refractivity contribution in [1.82, 2.24) is 16.0 Å². The first kappa shape index (κ1) is 30.0. The number of carbonyl (C=O) groups is 4. The van der Waals surface area contributed by atoms with E-state index in [9.17, 15) is 29.4 Å². The molecule has 0 saturated heterocycles. The lowest BCUT2D eigenvalue weighted by Gasteiger charge is -2.27. The number of carboxylic acids is 1. The lowest BCUT2D eigenvalue weighted by Crippen LogP contribution is -2.60. The van der Waals surface area contributed by atoms with Crippen molar-refractivity contribution in [2.45, 2.75) is 76.7 Å². The van der Waals surface area contributed by atoms with Crippen molar-refractivity contribution in [2.24, 2.45) is 17.4 Å². The van der Waals surface area contributed by atoms with Crippen LogP contribution in [0.5, 0.6) is 0 Å². The maximum absolute atomic E-state index is 13.1. The fraction of sp³-hybridized carbons (Fsp3) is 0.583. The minimum atomic E-state index is -1.43. The molecule has 1 aromatic rings. The Morgan fingerprint density at radius 2 is 1.49 bits per heavy atom. The number of amides is 3. The molecule has 11 nitrogen and oxygen atoms in total. The Balaban J connectivity index is 3.03. The Kier molecular flexibility index (Phi) is 12.9. The van der Waals surface area contributed by atoms with Gasteiger partial charge in [-0.25, -0.2) is 4.79 Å². The van der Waals surface area contributed by atoms with Crippen LogP contribution in [0, 0.1) is 5.92 Å². The van der Waals surface area contributed by atoms with E-state index in [-0.39, 0.29) is 6.42 Å². The van der Waals surface area contributed by atoms with Crippen molar-refractivity contribution in [3.8, 4) is 0 Å². The summed E-state index contributed by atoms with van der Waals surface area (Å²) in [6, 6.07) is 4.39. The molecule has 0 aromatic heterocycles. The molecule has 1 aromatic carbocycles. The third-order valence-electron chi connectivity index (χ3n) is 5.51. The van der Waals surface area contributed by atoms with E-state index in [2.05, 4.69) is 16.0 Å². The molecule has 0 bridgehead atoms. The number of hydrogen-bond donors (Lipinski definition) is 7. The predicted octanol–water partition coefficient (Wildman–Crippen LogP) is -0.739. The summed E-state index contributed by atoms with van der Waals surface area (Å²) in [4.78, 5) is 50.0. The molecule has 11 heteroatoms. The second-order valence-corrected chi connectivity index (χ2v) is 8.94. The van der Waals surface area contributed by atoms with Crippen molar-refractivity contribution >= 4 is 23.7 Å². The monoisotopic (exact) mass is 493 g/mol. The van der Waals surface area contributed by atoms with E-state index in [1.54, 1.807) is 38.1 Å². The maximum Gasteiger partial charge on any atom is 0.326 e. The lowest BCUT2D eigenvalue weighted by atomic mass is 10.0. The van der Waals surface area contributed by atoms with E-state index < -0.39 is 59.9 Å². The summed E-state index contributed by atoms with van der Waals surface area (Å²) in [5, 5.41) is 26.9. The van der Waals surface area contributed by atoms with Crippen LogP contribution in [0.15, 0.2) is 30.3 Å². The maximum atomic E-state index is 13.1. The van der Waals surface area contributed by atoms with Crippen LogP contribution in [0.3, 0.4) is 0 Å². The van der Waals surface area contributed by atoms with E-state index in [0.29, 0.717) is 25.8 Å². The van der Waals surface area contributed by atoms with Gasteiger partial charge in [0.2, 0.25) is 17.7 Å². The van der Waals surface area contributed by atoms with E-state index in [0.717, 1.165) is 5.56 Å². The molecule has 0 aliphatic carbocycles. The quantitative estimate of drug-likeness (QED) is 0.155. The van der Waals surface area contributed by atoms with Crippen LogP contribution < -0.4 is 27.4 Å². The average Bonchev–Trinajstić information content (AvgIpc) is 2.80. The highest BCUT2D eigenvalue weighted by Crippen LogP contribution is 2.08. The van der Waals surface area contributed by atoms with Gasteiger partial charge in [0.1, 0.15) is 18.1 Å². The Hall–Kier alpha value is -3.02. The Labute approximate surface area is 206 Å². The molecule has 196 valence electrons. The first-order chi connectivity index (χ1) is 16.5. The molecule has 0 aliphatic heterocycles. The fourth-order valence-electron chi connectivity index (χ4n) is 3.39. The molecule has 35 heavy (non-hydrogen) atoms. The number of carboxylic acid groups (broad SMARTS) is 1. The Morgan fingerprint density at radius 1 is 0.886 bits per heavy atom. The van der Waals surface area contributed by atoms with Gasteiger partial charge in [0.15, 0.2) is 0 Å². The van der Waals surface area contributed by atoms with Gasteiger partial charge in [0, 0.05) is 6.42 Å². The van der Waals surface area contributed by atoms with E-state index in [4.69, 9.17) is 11.5 Å². The van der Waals surface area contributed by atoms with Crippen LogP contribution in [-0.2, 0) is 25.6 Å². The summed E-state index contributed by atoms with van der Waals surface area (Å²) in [6.45, 7) is 5.03. The fourth-order valence-corrected chi connectivity index (χ4v) is 3.39. The molecule has 3 amide bonds. The molecule has 0 radical (unpaired) electrons. The number of carbonyl (C=O) groups excluding carboxylic acids is 3. The van der Waals surface area contributed by atoms with Gasteiger partial charge in [-0.2, -0.15) is 0 Å². The zero-order valence-electron chi connectivity index (χ0n) is 20.6. The largest absolute Gasteiger partial charge is 0.480 e. The first-order valence-corrected chi connectivity index (χ1v) is 11.8. The number of unbranched alkanes of at least 4 members (excludes halogenated alkanes) is 1. The zero-order chi connectivity index (χ0) is 26.5. The molecule has 0 spiro atoms. The molecule has 5 atom stereocenters. The van der Waals surface area contributed by atoms with Gasteiger partial charge in [0.25, 0.3) is 0 Å². The summed E-state index contributed by atoms with van der Waals surface area (Å²) < 4.78 is 0. The summed E-state index contributed by atoms with van der Waals surface area (Å²) in [7, 11) is 0. The molecular weight excluding hydrogens is 454 g/mol. The minimum absolute atomic E-state index is 0.117. The number of hydrogen-bond acceptors (Lipinski definition) is 7. The van der Waals surface area contributed by atoms with Crippen LogP contribution in [0.2, 0.25) is 0 Å². The number of aliphatic hydroxyl groups excluding tert-OH is 1. The second kappa shape index (κ2) is 15.1. The highest BCUT2D eigenvalue weighted by atomic mass is 16.4. The van der Waals surface area contributed by atoms with Crippen molar-refractivity contribution in [3.63, 3.8) is 0 Å². The van der Waals surface area contributed by atoms with Gasteiger partial charge in [-0.3, -0.25) is 14.4 Å². The molecule has 5 unspecified atom stereocenters. The smallest absolute Gasteiger partial charge is 0.326 e. The highest BCUT2D eigenvalue weighted by molar-refractivity contribution is 5.94. The number of aliphatic hydroxyl groups is 1. The number of nitrogens with two attached hydrogens (primary N) is 2. The SMILES string of the molecule is CC(C)C(NC(=O)C(NC(=O)C(Cc1ccccc1)NC(=O)C(N)CCCCN)C(C)O)C(=O)O. The highest BCUT2D eigenvalue weighted by Gasteiger charge is 2.33. The summed E-state index contributed by atoms with van der Waals surface area (Å²) in [5.41, 5.74) is 12.2. The van der Waals surface area contributed by atoms with Crippen LogP contribution in [0.25, 0.3) is 0 Å². The topological polar surface area (TPSA) is 197 Å². The number of aliphatic carboxylic acids is 1. The molecule has 0 fully saturated rings. The number of benzene rings is 1. The second-order valence-electron chi connectivity index (χ2n) is 8.94. The summed E-state index contributed by atoms with van der Waals surface area (Å²) in [5.74, 6) is -3.75. The van der Waals surface area contributed by atoms with Gasteiger partial charge in [-0.1, -0.05) is 50.6 Å². The van der Waals surface area contributed by atoms with Crippen molar-refractivity contribution in [2.75, 3.05) is 6.54 Å². The third-order valence-corrected chi connectivity index (χ3v) is 5.51. The summed E-state index contributed by atoms with van der Waals surface area (Å²) >= 11 is 0. The third kappa shape index (κ3) is 10.4. The van der Waals surface area contributed by atoms with Gasteiger partial charge < -0.3 is 37.6 Å². The molecule has 1 rings (SSSR count). The molecule has 0 aliphatic rings. The molecule has 0 saturated carbocycles. The molecule has 0 heterocycles. The molecule has 9 N–H and O–H groups in total. The van der Waals surface area contributed by atoms with Crippen molar-refractivity contribution in [1.29, 1.82) is 0 Å². The van der Waals surface area contributed by atoms with E-state index >= 15 is 0 Å². The average molecular weight is 494 g/mol. The Bertz CT molecular complexity index is 833. The van der Waals surface area contributed by atoms with Gasteiger partial charge >= 0.3 is 5.97 Å². The van der Waals surface area contributed by atoms with Crippen molar-refractivity contribution in [3.05, 3.63) is 35.9 Å². The number of rotatable bonds is 15. The standard InChI is InChI=1S/C24H39N5O6/c1-14(2)19(24(34)35)28-23(33)20(15(3)30)29-22(32)18(13-16-9-5-4-6-10-16)27-21(31)17(26)11-7-8-12-25/h4-6,9-10,14-15,17-20,30H,7-8,11-13,25-26H2,1-3H3,(H,27,31)(H,28,33)(H,29,32)(H,34,35). The number of nitrogens with one attached hydrogen (secondary N) is 3. The predicted molar refractivity (Wildman–Crippen MR) is 131 cm³/mol. The Morgan fingerprint density at radius 3 is 2.00 bits per heavy atom. The summed E-state index contributed by atoms with van der Waals surface area (Å²) in [6.07, 6.45) is 0.561. The van der Waals surface area contributed by atoms with Gasteiger partial charge in [-0.05, 0) is 37.8 Å². The van der Waals surface area contributed by atoms with Crippen LogP contribution in [-0.4, -0.2) is 70.7 Å². The van der Waals surface area contributed by atoms with Gasteiger partial charge in [0.05, 0.1) is 12.1 Å². The van der Waals surface area contributed by atoms with Gasteiger partial charge in [-0.15, -0.1) is 0 Å². The zero-order valence-corrected chi connectivity index (χ0v) is 20.6. The van der Waals surface area contributed by atoms with Crippen LogP contribution in [0.4, 0.5) is 0 Å². The van der Waals surface area contributed by atoms with Crippen LogP contribution >= 0.6 is 0 Å². The minimum Gasteiger partial charge on any atom is -0.480 e. The lowest BCUT2D eigenvalue weighted by molar-refractivity contribution is -0.144. The first-order valence-electron chi connectivity index (χ1n) is 11.8. The van der Waals surface area contributed by atoms with Crippen molar-refractivity contribution < 1.29 is 29.4 Å². The molecular formula is C24H39N5O6. The van der Waals surface area contributed by atoms with Crippen LogP contribution in [0.1, 0.15) is 45.6 Å². The normalized spacial score (nSPS) is 15.4.